The van der Waals surface area contributed by atoms with Gasteiger partial charge in [-0.1, -0.05) is 0 Å². The average molecular weight is 523 g/mol. The number of methoxy groups -OCH3 is 3. The quantitative estimate of drug-likeness (QED) is 0.246. The summed E-state index contributed by atoms with van der Waals surface area (Å²) in [4.78, 5) is 4.70. The second-order valence-corrected chi connectivity index (χ2v) is 6.84. The van der Waals surface area contributed by atoms with E-state index in [4.69, 9.17) is 23.9 Å². The van der Waals surface area contributed by atoms with Crippen molar-refractivity contribution in [2.75, 3.05) is 54.2 Å². The van der Waals surface area contributed by atoms with E-state index >= 15 is 0 Å². The normalized spacial score (nSPS) is 18.7. The SMILES string of the molecule is CCNC(=NCc1c(OC)cc(OC)cc1OC)NCC1(CCO)CCOC1.I. The van der Waals surface area contributed by atoms with Crippen LogP contribution in [-0.4, -0.2) is 65.3 Å². The van der Waals surface area contributed by atoms with E-state index in [1.165, 1.54) is 0 Å². The van der Waals surface area contributed by atoms with E-state index in [0.29, 0.717) is 49.3 Å². The number of hydrogen-bond donors (Lipinski definition) is 3. The van der Waals surface area contributed by atoms with Gasteiger partial charge in [-0.3, -0.25) is 0 Å². The largest absolute Gasteiger partial charge is 0.496 e. The lowest BCUT2D eigenvalue weighted by Crippen LogP contribution is -2.44. The molecule has 1 atom stereocenters. The standard InChI is InChI=1S/C20H33N3O5.HI/c1-5-21-19(23-13-20(6-8-24)7-9-28-14-20)22-12-16-17(26-3)10-15(25-2)11-18(16)27-4;/h10-11,24H,5-9,12-14H2,1-4H3,(H2,21,22,23);1H. The zero-order chi connectivity index (χ0) is 20.4. The fourth-order valence-electron chi connectivity index (χ4n) is 3.32. The van der Waals surface area contributed by atoms with Crippen LogP contribution in [0.15, 0.2) is 17.1 Å². The topological polar surface area (TPSA) is 93.6 Å². The molecule has 8 nitrogen and oxygen atoms in total. The lowest BCUT2D eigenvalue weighted by atomic mass is 9.84. The van der Waals surface area contributed by atoms with Gasteiger partial charge in [-0.15, -0.1) is 24.0 Å². The number of aliphatic hydroxyl groups excluding tert-OH is 1. The molecule has 0 aromatic heterocycles. The van der Waals surface area contributed by atoms with Crippen molar-refractivity contribution in [2.45, 2.75) is 26.3 Å². The summed E-state index contributed by atoms with van der Waals surface area (Å²) in [6.45, 7) is 5.38. The summed E-state index contributed by atoms with van der Waals surface area (Å²) in [7, 11) is 4.83. The van der Waals surface area contributed by atoms with Gasteiger partial charge in [0.05, 0.1) is 40.0 Å². The highest BCUT2D eigenvalue weighted by molar-refractivity contribution is 14.0. The Bertz CT molecular complexity index is 626. The molecule has 1 heterocycles. The molecule has 9 heteroatoms. The molecular weight excluding hydrogens is 489 g/mol. The second-order valence-electron chi connectivity index (χ2n) is 6.84. The molecule has 29 heavy (non-hydrogen) atoms. The van der Waals surface area contributed by atoms with Gasteiger partial charge in [0.1, 0.15) is 17.2 Å². The van der Waals surface area contributed by atoms with Crippen LogP contribution in [-0.2, 0) is 11.3 Å². The first-order chi connectivity index (χ1) is 13.6. The molecule has 0 amide bonds. The van der Waals surface area contributed by atoms with Crippen molar-refractivity contribution in [2.24, 2.45) is 10.4 Å². The van der Waals surface area contributed by atoms with Crippen molar-refractivity contribution in [1.29, 1.82) is 0 Å². The first-order valence-corrected chi connectivity index (χ1v) is 9.61. The van der Waals surface area contributed by atoms with Crippen molar-refractivity contribution in [3.05, 3.63) is 17.7 Å². The number of guanidine groups is 1. The van der Waals surface area contributed by atoms with Crippen LogP contribution < -0.4 is 24.8 Å². The number of nitrogens with one attached hydrogen (secondary N) is 2. The maximum atomic E-state index is 9.40. The van der Waals surface area contributed by atoms with Gasteiger partial charge in [-0.2, -0.15) is 0 Å². The van der Waals surface area contributed by atoms with Gasteiger partial charge >= 0.3 is 0 Å². The fraction of sp³-hybridized carbons (Fsp3) is 0.650. The molecule has 0 spiro atoms. The Hall–Kier alpha value is -1.46. The molecule has 1 aliphatic heterocycles. The van der Waals surface area contributed by atoms with Gasteiger partial charge in [0, 0.05) is 43.9 Å². The summed E-state index contributed by atoms with van der Waals surface area (Å²) < 4.78 is 21.9. The van der Waals surface area contributed by atoms with Crippen LogP contribution in [0.5, 0.6) is 17.2 Å². The number of benzene rings is 1. The first-order valence-electron chi connectivity index (χ1n) is 9.61. The Morgan fingerprint density at radius 3 is 2.34 bits per heavy atom. The third-order valence-corrected chi connectivity index (χ3v) is 5.01. The molecule has 166 valence electrons. The number of hydrogen-bond acceptors (Lipinski definition) is 6. The maximum Gasteiger partial charge on any atom is 0.191 e. The predicted octanol–water partition coefficient (Wildman–Crippen LogP) is 2.17. The lowest BCUT2D eigenvalue weighted by Gasteiger charge is -2.27. The first kappa shape index (κ1) is 25.6. The van der Waals surface area contributed by atoms with E-state index < -0.39 is 0 Å². The van der Waals surface area contributed by atoms with E-state index in [-0.39, 0.29) is 36.0 Å². The zero-order valence-electron chi connectivity index (χ0n) is 17.7. The van der Waals surface area contributed by atoms with Crippen LogP contribution in [0.2, 0.25) is 0 Å². The zero-order valence-corrected chi connectivity index (χ0v) is 20.1. The van der Waals surface area contributed by atoms with Gasteiger partial charge < -0.3 is 34.7 Å². The summed E-state index contributed by atoms with van der Waals surface area (Å²) in [6, 6.07) is 3.64. The Morgan fingerprint density at radius 1 is 1.17 bits per heavy atom. The van der Waals surface area contributed by atoms with Gasteiger partial charge in [-0.25, -0.2) is 4.99 Å². The highest BCUT2D eigenvalue weighted by Gasteiger charge is 2.34. The van der Waals surface area contributed by atoms with E-state index in [1.54, 1.807) is 21.3 Å². The van der Waals surface area contributed by atoms with E-state index in [1.807, 2.05) is 19.1 Å². The Labute approximate surface area is 190 Å². The number of ether oxygens (including phenoxy) is 4. The summed E-state index contributed by atoms with van der Waals surface area (Å²) in [6.07, 6.45) is 1.64. The molecule has 0 radical (unpaired) electrons. The summed E-state index contributed by atoms with van der Waals surface area (Å²) in [5, 5.41) is 16.1. The number of aliphatic hydroxyl groups is 1. The van der Waals surface area contributed by atoms with Gasteiger partial charge in [-0.05, 0) is 19.8 Å². The molecule has 0 bridgehead atoms. The van der Waals surface area contributed by atoms with Gasteiger partial charge in [0.25, 0.3) is 0 Å². The minimum atomic E-state index is -0.0551. The molecule has 0 saturated carbocycles. The molecule has 2 rings (SSSR count). The van der Waals surface area contributed by atoms with Gasteiger partial charge in [0.2, 0.25) is 0 Å². The molecule has 1 unspecified atom stereocenters. The Morgan fingerprint density at radius 2 is 1.86 bits per heavy atom. The molecule has 1 aliphatic rings. The summed E-state index contributed by atoms with van der Waals surface area (Å²) in [5.74, 6) is 2.69. The highest BCUT2D eigenvalue weighted by Crippen LogP contribution is 2.34. The molecule has 3 N–H and O–H groups in total. The molecular formula is C20H34IN3O5. The summed E-state index contributed by atoms with van der Waals surface area (Å²) in [5.41, 5.74) is 0.790. The van der Waals surface area contributed by atoms with Crippen LogP contribution in [0.3, 0.4) is 0 Å². The predicted molar refractivity (Wildman–Crippen MR) is 124 cm³/mol. The minimum Gasteiger partial charge on any atom is -0.496 e. The van der Waals surface area contributed by atoms with Crippen LogP contribution in [0.25, 0.3) is 0 Å². The lowest BCUT2D eigenvalue weighted by molar-refractivity contribution is 0.127. The monoisotopic (exact) mass is 523 g/mol. The third-order valence-electron chi connectivity index (χ3n) is 5.01. The van der Waals surface area contributed by atoms with Crippen molar-refractivity contribution in [3.63, 3.8) is 0 Å². The minimum absolute atomic E-state index is 0. The molecule has 1 aromatic carbocycles. The fourth-order valence-corrected chi connectivity index (χ4v) is 3.32. The van der Waals surface area contributed by atoms with E-state index in [9.17, 15) is 5.11 Å². The van der Waals surface area contributed by atoms with E-state index in [2.05, 4.69) is 10.6 Å². The number of halogens is 1. The summed E-state index contributed by atoms with van der Waals surface area (Å²) >= 11 is 0. The molecule has 1 saturated heterocycles. The second kappa shape index (κ2) is 13.0. The third kappa shape index (κ3) is 7.07. The molecule has 1 fully saturated rings. The van der Waals surface area contributed by atoms with Crippen LogP contribution >= 0.6 is 24.0 Å². The highest BCUT2D eigenvalue weighted by atomic mass is 127. The van der Waals surface area contributed by atoms with Crippen LogP contribution in [0, 0.1) is 5.41 Å². The number of nitrogens with zero attached hydrogens (tertiary/aromatic N) is 1. The van der Waals surface area contributed by atoms with Crippen molar-refractivity contribution in [1.82, 2.24) is 10.6 Å². The number of aliphatic imine (C=N–C) groups is 1. The average Bonchev–Trinajstić information content (AvgIpc) is 3.18. The Balaban J connectivity index is 0.00000420. The van der Waals surface area contributed by atoms with E-state index in [0.717, 1.165) is 25.1 Å². The maximum absolute atomic E-state index is 9.40. The molecule has 0 aliphatic carbocycles. The van der Waals surface area contributed by atoms with Crippen molar-refractivity contribution >= 4 is 29.9 Å². The number of rotatable bonds is 10. The van der Waals surface area contributed by atoms with Gasteiger partial charge in [0.15, 0.2) is 5.96 Å². The van der Waals surface area contributed by atoms with Crippen molar-refractivity contribution < 1.29 is 24.1 Å². The molecule has 1 aromatic rings. The van der Waals surface area contributed by atoms with Crippen LogP contribution in [0.4, 0.5) is 0 Å². The van der Waals surface area contributed by atoms with Crippen molar-refractivity contribution in [3.8, 4) is 17.2 Å². The van der Waals surface area contributed by atoms with Crippen LogP contribution in [0.1, 0.15) is 25.3 Å². The Kier molecular flexibility index (Phi) is 11.4. The smallest absolute Gasteiger partial charge is 0.191 e.